The maximum Gasteiger partial charge on any atom is 0.0727 e. The third kappa shape index (κ3) is 1.93. The minimum atomic E-state index is 0.227. The second kappa shape index (κ2) is 3.15. The number of hydrogen-bond acceptors (Lipinski definition) is 3. The Kier molecular flexibility index (Phi) is 2.45. The summed E-state index contributed by atoms with van der Waals surface area (Å²) in [6.07, 6.45) is 2.79. The minimum Gasteiger partial charge on any atom is -0.374 e. The van der Waals surface area contributed by atoms with Gasteiger partial charge in [0.25, 0.3) is 0 Å². The second-order valence-electron chi connectivity index (χ2n) is 2.51. The molecule has 0 aliphatic carbocycles. The summed E-state index contributed by atoms with van der Waals surface area (Å²) in [5.41, 5.74) is 2.11. The van der Waals surface area contributed by atoms with E-state index in [0.29, 0.717) is 12.6 Å². The molecule has 2 atom stereocenters. The van der Waals surface area contributed by atoms with Crippen LogP contribution >= 0.6 is 0 Å². The molecule has 0 amide bonds. The monoisotopic (exact) mass is 131 g/mol. The fourth-order valence-corrected chi connectivity index (χ4v) is 1.14. The van der Waals surface area contributed by atoms with Crippen LogP contribution in [0.25, 0.3) is 0 Å². The molecule has 0 aromatic rings. The van der Waals surface area contributed by atoms with Gasteiger partial charge in [0.1, 0.15) is 0 Å². The molecule has 1 aliphatic heterocycles. The highest BCUT2D eigenvalue weighted by Gasteiger charge is 2.20. The third-order valence-electron chi connectivity index (χ3n) is 1.64. The summed E-state index contributed by atoms with van der Waals surface area (Å²) >= 11 is 0. The molecule has 54 valence electrons. The quantitative estimate of drug-likeness (QED) is 0.537. The summed E-state index contributed by atoms with van der Waals surface area (Å²) < 4.78 is 5.38. The zero-order chi connectivity index (χ0) is 6.69. The molecule has 0 aromatic heterocycles. The van der Waals surface area contributed by atoms with Gasteiger partial charge in [-0.1, -0.05) is 0 Å². The minimum absolute atomic E-state index is 0.227. The van der Waals surface area contributed by atoms with Gasteiger partial charge >= 0.3 is 0 Å². The molecular weight excluding hydrogens is 118 g/mol. The van der Waals surface area contributed by atoms with Gasteiger partial charge in [0, 0.05) is 6.54 Å². The predicted octanol–water partition coefficient (Wildman–Crippen LogP) is 0.533. The molecule has 0 radical (unpaired) electrons. The summed E-state index contributed by atoms with van der Waals surface area (Å²) in [6.45, 7) is 2.61. The molecule has 0 spiro atoms. The van der Waals surface area contributed by atoms with Crippen LogP contribution in [-0.4, -0.2) is 24.0 Å². The Morgan fingerprint density at radius 2 is 2.44 bits per heavy atom. The zero-order valence-electron chi connectivity index (χ0n) is 5.63. The Hall–Kier alpha value is -0.120. The molecule has 1 rings (SSSR count). The summed E-state index contributed by atoms with van der Waals surface area (Å²) in [6, 6.07) is 0. The van der Waals surface area contributed by atoms with Crippen molar-refractivity contribution in [2.45, 2.75) is 32.0 Å². The van der Waals surface area contributed by atoms with Gasteiger partial charge in [0.15, 0.2) is 0 Å². The molecule has 2 unspecified atom stereocenters. The van der Waals surface area contributed by atoms with Gasteiger partial charge in [0.05, 0.1) is 12.2 Å². The van der Waals surface area contributed by atoms with Crippen molar-refractivity contribution in [1.29, 1.82) is 0 Å². The molecule has 3 heteroatoms. The summed E-state index contributed by atoms with van der Waals surface area (Å²) in [7, 11) is 0. The number of ether oxygens (including phenoxy) is 1. The molecule has 1 fully saturated rings. The lowest BCUT2D eigenvalue weighted by atomic mass is 10.2. The van der Waals surface area contributed by atoms with Crippen molar-refractivity contribution in [3.8, 4) is 0 Å². The van der Waals surface area contributed by atoms with Crippen molar-refractivity contribution >= 4 is 0 Å². The Morgan fingerprint density at radius 3 is 2.89 bits per heavy atom. The van der Waals surface area contributed by atoms with Crippen molar-refractivity contribution in [2.24, 2.45) is 0 Å². The van der Waals surface area contributed by atoms with E-state index in [1.807, 2.05) is 0 Å². The molecule has 1 heterocycles. The topological polar surface area (TPSA) is 41.5 Å². The van der Waals surface area contributed by atoms with Crippen molar-refractivity contribution < 1.29 is 9.94 Å². The predicted molar refractivity (Wildman–Crippen MR) is 33.4 cm³/mol. The first-order chi connectivity index (χ1) is 4.33. The van der Waals surface area contributed by atoms with E-state index >= 15 is 0 Å². The Bertz CT molecular complexity index is 85.1. The Balaban J connectivity index is 2.14. The van der Waals surface area contributed by atoms with Crippen LogP contribution in [0.4, 0.5) is 0 Å². The van der Waals surface area contributed by atoms with Crippen LogP contribution in [0.3, 0.4) is 0 Å². The van der Waals surface area contributed by atoms with Gasteiger partial charge in [-0.05, 0) is 19.8 Å². The van der Waals surface area contributed by atoms with Crippen molar-refractivity contribution in [3.05, 3.63) is 0 Å². The summed E-state index contributed by atoms with van der Waals surface area (Å²) in [5, 5.41) is 8.28. The van der Waals surface area contributed by atoms with E-state index < -0.39 is 0 Å². The summed E-state index contributed by atoms with van der Waals surface area (Å²) in [4.78, 5) is 0. The maximum absolute atomic E-state index is 8.28. The zero-order valence-corrected chi connectivity index (χ0v) is 5.63. The second-order valence-corrected chi connectivity index (χ2v) is 2.51. The molecule has 2 N–H and O–H groups in total. The highest BCUT2D eigenvalue weighted by atomic mass is 16.5. The van der Waals surface area contributed by atoms with Crippen LogP contribution in [0.1, 0.15) is 19.8 Å². The van der Waals surface area contributed by atoms with Gasteiger partial charge in [0.2, 0.25) is 0 Å². The van der Waals surface area contributed by atoms with Crippen LogP contribution in [0.15, 0.2) is 0 Å². The van der Waals surface area contributed by atoms with E-state index in [1.54, 1.807) is 0 Å². The van der Waals surface area contributed by atoms with Crippen LogP contribution < -0.4 is 5.48 Å². The highest BCUT2D eigenvalue weighted by molar-refractivity contribution is 4.70. The first-order valence-electron chi connectivity index (χ1n) is 3.35. The van der Waals surface area contributed by atoms with E-state index in [4.69, 9.17) is 9.94 Å². The van der Waals surface area contributed by atoms with E-state index in [9.17, 15) is 0 Å². The number of hydroxylamine groups is 1. The van der Waals surface area contributed by atoms with Crippen LogP contribution in [0, 0.1) is 0 Å². The largest absolute Gasteiger partial charge is 0.374 e. The molecular formula is C6H13NO2. The van der Waals surface area contributed by atoms with Crippen LogP contribution in [-0.2, 0) is 4.74 Å². The van der Waals surface area contributed by atoms with Crippen molar-refractivity contribution in [1.82, 2.24) is 5.48 Å². The summed E-state index contributed by atoms with van der Waals surface area (Å²) in [5.74, 6) is 0. The van der Waals surface area contributed by atoms with Gasteiger partial charge in [-0.15, -0.1) is 0 Å². The standard InChI is InChI=1S/C6H13NO2/c1-5-2-3-6(9-5)4-7-8/h5-8H,2-4H2,1H3. The Labute approximate surface area is 55.0 Å². The first kappa shape index (κ1) is 6.99. The molecule has 1 aliphatic rings. The molecule has 0 saturated carbocycles. The number of nitrogens with one attached hydrogen (secondary N) is 1. The molecule has 9 heavy (non-hydrogen) atoms. The molecule has 0 aromatic carbocycles. The lowest BCUT2D eigenvalue weighted by molar-refractivity contribution is 0.0291. The van der Waals surface area contributed by atoms with Gasteiger partial charge in [-0.2, -0.15) is 0 Å². The van der Waals surface area contributed by atoms with Gasteiger partial charge in [-0.25, -0.2) is 5.48 Å². The van der Waals surface area contributed by atoms with Gasteiger partial charge < -0.3 is 9.94 Å². The Morgan fingerprint density at radius 1 is 1.67 bits per heavy atom. The van der Waals surface area contributed by atoms with Gasteiger partial charge in [-0.3, -0.25) is 0 Å². The average Bonchev–Trinajstić information content (AvgIpc) is 2.17. The van der Waals surface area contributed by atoms with E-state index in [0.717, 1.165) is 12.8 Å². The normalized spacial score (nSPS) is 35.3. The van der Waals surface area contributed by atoms with Crippen molar-refractivity contribution in [2.75, 3.05) is 6.54 Å². The van der Waals surface area contributed by atoms with E-state index in [2.05, 4.69) is 12.4 Å². The van der Waals surface area contributed by atoms with Crippen molar-refractivity contribution in [3.63, 3.8) is 0 Å². The molecule has 3 nitrogen and oxygen atoms in total. The fraction of sp³-hybridized carbons (Fsp3) is 1.00. The number of hydrogen-bond donors (Lipinski definition) is 2. The van der Waals surface area contributed by atoms with Crippen LogP contribution in [0.2, 0.25) is 0 Å². The smallest absolute Gasteiger partial charge is 0.0727 e. The number of rotatable bonds is 2. The first-order valence-corrected chi connectivity index (χ1v) is 3.35. The maximum atomic E-state index is 8.28. The van der Waals surface area contributed by atoms with E-state index in [1.165, 1.54) is 0 Å². The molecule has 1 saturated heterocycles. The third-order valence-corrected chi connectivity index (χ3v) is 1.64. The van der Waals surface area contributed by atoms with Crippen LogP contribution in [0.5, 0.6) is 0 Å². The lowest BCUT2D eigenvalue weighted by Gasteiger charge is -2.07. The highest BCUT2D eigenvalue weighted by Crippen LogP contribution is 2.17. The lowest BCUT2D eigenvalue weighted by Crippen LogP contribution is -2.23. The fourth-order valence-electron chi connectivity index (χ4n) is 1.14. The molecule has 0 bridgehead atoms. The SMILES string of the molecule is CC1CCC(CNO)O1. The average molecular weight is 131 g/mol. The van der Waals surface area contributed by atoms with E-state index in [-0.39, 0.29) is 6.10 Å².